The van der Waals surface area contributed by atoms with E-state index < -0.39 is 6.04 Å². The zero-order valence-electron chi connectivity index (χ0n) is 16.1. The molecular weight excluding hydrogens is 348 g/mol. The van der Waals surface area contributed by atoms with Crippen molar-refractivity contribution >= 4 is 17.5 Å². The lowest BCUT2D eigenvalue weighted by Crippen LogP contribution is -2.31. The van der Waals surface area contributed by atoms with Gasteiger partial charge in [-0.2, -0.15) is 0 Å². The van der Waals surface area contributed by atoms with Crippen LogP contribution in [0.3, 0.4) is 0 Å². The van der Waals surface area contributed by atoms with Crippen molar-refractivity contribution in [3.63, 3.8) is 0 Å². The molecule has 0 aliphatic rings. The monoisotopic (exact) mass is 372 g/mol. The lowest BCUT2D eigenvalue weighted by molar-refractivity contribution is -0.116. The number of benzene rings is 3. The molecule has 2 amide bonds. The van der Waals surface area contributed by atoms with Crippen LogP contribution in [-0.2, 0) is 4.79 Å². The summed E-state index contributed by atoms with van der Waals surface area (Å²) in [6, 6.07) is 24.0. The topological polar surface area (TPSA) is 58.2 Å². The molecule has 4 heteroatoms. The number of carbonyl (C=O) groups excluding carboxylic acids is 2. The van der Waals surface area contributed by atoms with Gasteiger partial charge in [-0.05, 0) is 43.2 Å². The zero-order chi connectivity index (χ0) is 19.9. The largest absolute Gasteiger partial charge is 0.345 e. The van der Waals surface area contributed by atoms with Crippen LogP contribution in [0.15, 0.2) is 78.9 Å². The summed E-state index contributed by atoms with van der Waals surface area (Å²) in [6.45, 7) is 3.98. The fourth-order valence-corrected chi connectivity index (χ4v) is 3.11. The van der Waals surface area contributed by atoms with Crippen molar-refractivity contribution in [2.75, 3.05) is 5.32 Å². The van der Waals surface area contributed by atoms with Crippen molar-refractivity contribution in [1.29, 1.82) is 0 Å². The summed E-state index contributed by atoms with van der Waals surface area (Å²) in [7, 11) is 0. The summed E-state index contributed by atoms with van der Waals surface area (Å²) >= 11 is 0. The Morgan fingerprint density at radius 2 is 1.50 bits per heavy atom. The van der Waals surface area contributed by atoms with E-state index in [0.717, 1.165) is 22.4 Å². The van der Waals surface area contributed by atoms with Crippen LogP contribution in [-0.4, -0.2) is 11.8 Å². The zero-order valence-corrected chi connectivity index (χ0v) is 16.1. The van der Waals surface area contributed by atoms with Crippen LogP contribution < -0.4 is 10.6 Å². The van der Waals surface area contributed by atoms with Crippen LogP contribution in [0.2, 0.25) is 0 Å². The molecule has 3 rings (SSSR count). The Morgan fingerprint density at radius 1 is 0.857 bits per heavy atom. The molecule has 1 atom stereocenters. The molecule has 3 aromatic rings. The number of anilines is 1. The number of nitrogens with one attached hydrogen (secondary N) is 2. The number of amides is 2. The third-order valence-electron chi connectivity index (χ3n) is 4.59. The second-order valence-corrected chi connectivity index (χ2v) is 6.87. The molecule has 0 fully saturated rings. The van der Waals surface area contributed by atoms with Gasteiger partial charge in [0.05, 0.1) is 12.5 Å². The van der Waals surface area contributed by atoms with Gasteiger partial charge in [0.1, 0.15) is 0 Å². The fourth-order valence-electron chi connectivity index (χ4n) is 3.11. The van der Waals surface area contributed by atoms with Gasteiger partial charge in [-0.25, -0.2) is 0 Å². The van der Waals surface area contributed by atoms with Gasteiger partial charge in [0.25, 0.3) is 5.91 Å². The van der Waals surface area contributed by atoms with Gasteiger partial charge in [-0.15, -0.1) is 0 Å². The maximum atomic E-state index is 12.7. The van der Waals surface area contributed by atoms with Crippen molar-refractivity contribution in [2.24, 2.45) is 0 Å². The molecule has 3 aromatic carbocycles. The van der Waals surface area contributed by atoms with Gasteiger partial charge in [-0.1, -0.05) is 66.2 Å². The highest BCUT2D eigenvalue weighted by atomic mass is 16.2. The molecule has 0 aliphatic carbocycles. The smallest absolute Gasteiger partial charge is 0.251 e. The van der Waals surface area contributed by atoms with Crippen LogP contribution >= 0.6 is 0 Å². The first kappa shape index (κ1) is 19.4. The number of aryl methyl sites for hydroxylation is 2. The first-order valence-electron chi connectivity index (χ1n) is 9.31. The normalized spacial score (nSPS) is 11.5. The standard InChI is InChI=1S/C24H24N2O2/c1-17-13-14-21(18(2)15-17)25-23(27)16-22(19-9-5-3-6-10-19)26-24(28)20-11-7-4-8-12-20/h3-15,22H,16H2,1-2H3,(H,25,27)(H,26,28)/t22-/m0/s1. The highest BCUT2D eigenvalue weighted by Gasteiger charge is 2.19. The van der Waals surface area contributed by atoms with E-state index in [0.29, 0.717) is 5.56 Å². The Balaban J connectivity index is 1.75. The minimum Gasteiger partial charge on any atom is -0.345 e. The summed E-state index contributed by atoms with van der Waals surface area (Å²) < 4.78 is 0. The first-order valence-corrected chi connectivity index (χ1v) is 9.31. The van der Waals surface area contributed by atoms with Crippen molar-refractivity contribution < 1.29 is 9.59 Å². The second kappa shape index (κ2) is 9.00. The predicted molar refractivity (Wildman–Crippen MR) is 112 cm³/mol. The van der Waals surface area contributed by atoms with Crippen molar-refractivity contribution in [1.82, 2.24) is 5.32 Å². The third kappa shape index (κ3) is 5.07. The third-order valence-corrected chi connectivity index (χ3v) is 4.59. The second-order valence-electron chi connectivity index (χ2n) is 6.87. The number of hydrogen-bond donors (Lipinski definition) is 2. The van der Waals surface area contributed by atoms with Crippen LogP contribution in [0, 0.1) is 13.8 Å². The molecule has 0 heterocycles. The van der Waals surface area contributed by atoms with E-state index in [1.54, 1.807) is 12.1 Å². The number of carbonyl (C=O) groups is 2. The van der Waals surface area contributed by atoms with Gasteiger partial charge >= 0.3 is 0 Å². The molecule has 2 N–H and O–H groups in total. The molecule has 0 unspecified atom stereocenters. The van der Waals surface area contributed by atoms with Gasteiger partial charge < -0.3 is 10.6 Å². The van der Waals surface area contributed by atoms with E-state index in [4.69, 9.17) is 0 Å². The highest BCUT2D eigenvalue weighted by molar-refractivity contribution is 5.96. The predicted octanol–water partition coefficient (Wildman–Crippen LogP) is 4.80. The molecule has 142 valence electrons. The Bertz CT molecular complexity index is 953. The van der Waals surface area contributed by atoms with E-state index in [-0.39, 0.29) is 18.2 Å². The summed E-state index contributed by atoms with van der Waals surface area (Å²) in [4.78, 5) is 25.3. The molecular formula is C24H24N2O2. The Morgan fingerprint density at radius 3 is 2.14 bits per heavy atom. The SMILES string of the molecule is Cc1ccc(NC(=O)C[C@H](NC(=O)c2ccccc2)c2ccccc2)c(C)c1. The van der Waals surface area contributed by atoms with E-state index >= 15 is 0 Å². The Kier molecular flexibility index (Phi) is 6.22. The van der Waals surface area contributed by atoms with E-state index in [9.17, 15) is 9.59 Å². The fraction of sp³-hybridized carbons (Fsp3) is 0.167. The maximum Gasteiger partial charge on any atom is 0.251 e. The lowest BCUT2D eigenvalue weighted by Gasteiger charge is -2.19. The summed E-state index contributed by atoms with van der Waals surface area (Å²) in [5.74, 6) is -0.345. The van der Waals surface area contributed by atoms with Crippen LogP contribution in [0.25, 0.3) is 0 Å². The van der Waals surface area contributed by atoms with Gasteiger partial charge in [0.15, 0.2) is 0 Å². The maximum absolute atomic E-state index is 12.7. The highest BCUT2D eigenvalue weighted by Crippen LogP contribution is 2.21. The molecule has 0 aliphatic heterocycles. The average molecular weight is 372 g/mol. The van der Waals surface area contributed by atoms with E-state index in [2.05, 4.69) is 10.6 Å². The van der Waals surface area contributed by atoms with E-state index in [1.807, 2.05) is 80.6 Å². The van der Waals surface area contributed by atoms with Crippen molar-refractivity contribution in [3.8, 4) is 0 Å². The quantitative estimate of drug-likeness (QED) is 0.653. The average Bonchev–Trinajstić information content (AvgIpc) is 2.71. The molecule has 28 heavy (non-hydrogen) atoms. The van der Waals surface area contributed by atoms with Crippen LogP contribution in [0.4, 0.5) is 5.69 Å². The van der Waals surface area contributed by atoms with Gasteiger partial charge in [-0.3, -0.25) is 9.59 Å². The van der Waals surface area contributed by atoms with Crippen molar-refractivity contribution in [2.45, 2.75) is 26.3 Å². The van der Waals surface area contributed by atoms with Crippen molar-refractivity contribution in [3.05, 3.63) is 101 Å². The minimum absolute atomic E-state index is 0.144. The summed E-state index contributed by atoms with van der Waals surface area (Å²) in [5.41, 5.74) is 4.41. The van der Waals surface area contributed by atoms with Crippen LogP contribution in [0.1, 0.15) is 39.5 Å². The Labute approximate surface area is 165 Å². The lowest BCUT2D eigenvalue weighted by atomic mass is 10.0. The molecule has 0 radical (unpaired) electrons. The summed E-state index contributed by atoms with van der Waals surface area (Å²) in [5, 5.41) is 5.95. The van der Waals surface area contributed by atoms with E-state index in [1.165, 1.54) is 0 Å². The van der Waals surface area contributed by atoms with Gasteiger partial charge in [0.2, 0.25) is 5.91 Å². The molecule has 0 saturated carbocycles. The molecule has 0 aromatic heterocycles. The molecule has 0 saturated heterocycles. The molecule has 0 spiro atoms. The number of hydrogen-bond acceptors (Lipinski definition) is 2. The number of rotatable bonds is 6. The van der Waals surface area contributed by atoms with Crippen LogP contribution in [0.5, 0.6) is 0 Å². The summed E-state index contributed by atoms with van der Waals surface area (Å²) in [6.07, 6.45) is 0.149. The molecule has 0 bridgehead atoms. The first-order chi connectivity index (χ1) is 13.5. The van der Waals surface area contributed by atoms with Gasteiger partial charge in [0, 0.05) is 11.3 Å². The minimum atomic E-state index is -0.417. The Hall–Kier alpha value is -3.40. The molecule has 4 nitrogen and oxygen atoms in total.